The molecule has 1 amide bonds. The standard InChI is InChI=1S/C18H16ClFN4O3/c1-9-3-4-21-17(19)16(9)23-18(27)11-5-12(20)10(6-14(11)26)13-7-24(2)15(8-25)22-13/h3-7,25-26H,8H2,1-2H3,(H,23,27). The smallest absolute Gasteiger partial charge is 0.259 e. The van der Waals surface area contributed by atoms with E-state index in [0.29, 0.717) is 11.4 Å². The van der Waals surface area contributed by atoms with Gasteiger partial charge in [0.25, 0.3) is 5.91 Å². The third kappa shape index (κ3) is 3.62. The monoisotopic (exact) mass is 390 g/mol. The van der Waals surface area contributed by atoms with E-state index in [9.17, 15) is 19.4 Å². The molecule has 27 heavy (non-hydrogen) atoms. The van der Waals surface area contributed by atoms with Crippen molar-refractivity contribution in [3.8, 4) is 17.0 Å². The highest BCUT2D eigenvalue weighted by Crippen LogP contribution is 2.31. The number of phenols is 1. The third-order valence-corrected chi connectivity index (χ3v) is 4.36. The minimum Gasteiger partial charge on any atom is -0.507 e. The molecule has 0 unspecified atom stereocenters. The van der Waals surface area contributed by atoms with E-state index in [4.69, 9.17) is 11.6 Å². The number of benzene rings is 1. The zero-order valence-electron chi connectivity index (χ0n) is 14.5. The fraction of sp³-hybridized carbons (Fsp3) is 0.167. The topological polar surface area (TPSA) is 100 Å². The van der Waals surface area contributed by atoms with Gasteiger partial charge in [-0.3, -0.25) is 4.79 Å². The number of carbonyl (C=O) groups is 1. The largest absolute Gasteiger partial charge is 0.507 e. The number of aliphatic hydroxyl groups is 1. The molecule has 3 aromatic rings. The normalized spacial score (nSPS) is 10.9. The number of rotatable bonds is 4. The maximum absolute atomic E-state index is 14.6. The van der Waals surface area contributed by atoms with Crippen molar-refractivity contribution in [1.29, 1.82) is 0 Å². The van der Waals surface area contributed by atoms with E-state index in [1.807, 2.05) is 0 Å². The van der Waals surface area contributed by atoms with Crippen molar-refractivity contribution in [2.75, 3.05) is 5.32 Å². The Balaban J connectivity index is 1.95. The number of aryl methyl sites for hydroxylation is 2. The highest BCUT2D eigenvalue weighted by molar-refractivity contribution is 6.33. The van der Waals surface area contributed by atoms with Crippen molar-refractivity contribution < 1.29 is 19.4 Å². The number of imidazole rings is 1. The Morgan fingerprint density at radius 2 is 2.15 bits per heavy atom. The summed E-state index contributed by atoms with van der Waals surface area (Å²) in [6, 6.07) is 3.70. The lowest BCUT2D eigenvalue weighted by molar-refractivity contribution is 0.102. The summed E-state index contributed by atoms with van der Waals surface area (Å²) in [4.78, 5) is 20.5. The predicted octanol–water partition coefficient (Wildman–Crippen LogP) is 3.03. The van der Waals surface area contributed by atoms with E-state index in [0.717, 1.165) is 12.1 Å². The lowest BCUT2D eigenvalue weighted by atomic mass is 10.1. The highest BCUT2D eigenvalue weighted by Gasteiger charge is 2.20. The number of hydrogen-bond acceptors (Lipinski definition) is 5. The molecule has 0 aliphatic carbocycles. The van der Waals surface area contributed by atoms with Crippen molar-refractivity contribution in [3.05, 3.63) is 58.5 Å². The van der Waals surface area contributed by atoms with Crippen LogP contribution in [0.1, 0.15) is 21.7 Å². The average molecular weight is 391 g/mol. The van der Waals surface area contributed by atoms with Crippen molar-refractivity contribution >= 4 is 23.2 Å². The second kappa shape index (κ2) is 7.34. The molecule has 3 rings (SSSR count). The van der Waals surface area contributed by atoms with E-state index in [-0.39, 0.29) is 34.3 Å². The Morgan fingerprint density at radius 3 is 2.78 bits per heavy atom. The van der Waals surface area contributed by atoms with E-state index in [1.165, 1.54) is 12.4 Å². The molecule has 0 saturated carbocycles. The molecular formula is C18H16ClFN4O3. The molecule has 0 aliphatic heterocycles. The highest BCUT2D eigenvalue weighted by atomic mass is 35.5. The fourth-order valence-electron chi connectivity index (χ4n) is 2.58. The van der Waals surface area contributed by atoms with Gasteiger partial charge in [0.15, 0.2) is 5.15 Å². The lowest BCUT2D eigenvalue weighted by Crippen LogP contribution is -2.14. The molecule has 0 radical (unpaired) electrons. The van der Waals surface area contributed by atoms with E-state index in [2.05, 4.69) is 15.3 Å². The van der Waals surface area contributed by atoms with E-state index in [1.54, 1.807) is 24.6 Å². The number of halogens is 2. The van der Waals surface area contributed by atoms with Crippen molar-refractivity contribution in [2.45, 2.75) is 13.5 Å². The van der Waals surface area contributed by atoms with Crippen LogP contribution in [0.4, 0.5) is 10.1 Å². The zero-order valence-corrected chi connectivity index (χ0v) is 15.3. The van der Waals surface area contributed by atoms with Crippen molar-refractivity contribution in [1.82, 2.24) is 14.5 Å². The third-order valence-electron chi connectivity index (χ3n) is 4.07. The molecule has 1 aromatic carbocycles. The fourth-order valence-corrected chi connectivity index (χ4v) is 2.83. The Hall–Kier alpha value is -2.97. The maximum Gasteiger partial charge on any atom is 0.259 e. The van der Waals surface area contributed by atoms with Crippen LogP contribution in [0.15, 0.2) is 30.6 Å². The van der Waals surface area contributed by atoms with Crippen LogP contribution in [0, 0.1) is 12.7 Å². The Kier molecular flexibility index (Phi) is 5.11. The second-order valence-corrected chi connectivity index (χ2v) is 6.27. The van der Waals surface area contributed by atoms with Crippen LogP contribution in [0.3, 0.4) is 0 Å². The van der Waals surface area contributed by atoms with Gasteiger partial charge in [-0.15, -0.1) is 0 Å². The minimum absolute atomic E-state index is 0.00920. The lowest BCUT2D eigenvalue weighted by Gasteiger charge is -2.11. The predicted molar refractivity (Wildman–Crippen MR) is 98.1 cm³/mol. The Bertz CT molecular complexity index is 1020. The molecule has 140 valence electrons. The number of nitrogens with zero attached hydrogens (tertiary/aromatic N) is 3. The first-order chi connectivity index (χ1) is 12.8. The van der Waals surface area contributed by atoms with Gasteiger partial charge in [-0.25, -0.2) is 14.4 Å². The van der Waals surface area contributed by atoms with Gasteiger partial charge in [-0.05, 0) is 30.7 Å². The van der Waals surface area contributed by atoms with Gasteiger partial charge in [-0.2, -0.15) is 0 Å². The first-order valence-electron chi connectivity index (χ1n) is 7.90. The van der Waals surface area contributed by atoms with Crippen LogP contribution in [0.5, 0.6) is 5.75 Å². The summed E-state index contributed by atoms with van der Waals surface area (Å²) in [7, 11) is 1.65. The summed E-state index contributed by atoms with van der Waals surface area (Å²) < 4.78 is 16.1. The molecule has 0 bridgehead atoms. The number of anilines is 1. The summed E-state index contributed by atoms with van der Waals surface area (Å²) in [6.07, 6.45) is 3.01. The number of aromatic hydroxyl groups is 1. The van der Waals surface area contributed by atoms with Crippen LogP contribution < -0.4 is 5.32 Å². The number of amides is 1. The van der Waals surface area contributed by atoms with Crippen LogP contribution >= 0.6 is 11.6 Å². The summed E-state index contributed by atoms with van der Waals surface area (Å²) in [6.45, 7) is 1.42. The molecule has 9 heteroatoms. The number of carbonyl (C=O) groups excluding carboxylic acids is 1. The Labute approximate surface area is 159 Å². The number of phenolic OH excluding ortho intramolecular Hbond substituents is 1. The molecule has 2 heterocycles. The molecule has 2 aromatic heterocycles. The molecule has 0 saturated heterocycles. The minimum atomic E-state index is -0.741. The summed E-state index contributed by atoms with van der Waals surface area (Å²) in [5.41, 5.74) is 0.937. The van der Waals surface area contributed by atoms with Gasteiger partial charge in [0.1, 0.15) is 24.0 Å². The Morgan fingerprint density at radius 1 is 1.41 bits per heavy atom. The first kappa shape index (κ1) is 18.8. The van der Waals surface area contributed by atoms with Gasteiger partial charge < -0.3 is 20.1 Å². The first-order valence-corrected chi connectivity index (χ1v) is 8.28. The molecule has 0 atom stereocenters. The SMILES string of the molecule is Cc1ccnc(Cl)c1NC(=O)c1cc(F)c(-c2cn(C)c(CO)n2)cc1O. The van der Waals surface area contributed by atoms with Crippen LogP contribution in [0.2, 0.25) is 5.15 Å². The number of pyridine rings is 1. The van der Waals surface area contributed by atoms with Gasteiger partial charge in [0.05, 0.1) is 16.9 Å². The average Bonchev–Trinajstić information content (AvgIpc) is 3.00. The summed E-state index contributed by atoms with van der Waals surface area (Å²) >= 11 is 5.97. The number of hydrogen-bond donors (Lipinski definition) is 3. The second-order valence-electron chi connectivity index (χ2n) is 5.91. The molecule has 3 N–H and O–H groups in total. The van der Waals surface area contributed by atoms with Gasteiger partial charge in [-0.1, -0.05) is 11.6 Å². The summed E-state index contributed by atoms with van der Waals surface area (Å²) in [5, 5.41) is 22.1. The number of aliphatic hydroxyl groups excluding tert-OH is 1. The van der Waals surface area contributed by atoms with Gasteiger partial charge in [0.2, 0.25) is 0 Å². The van der Waals surface area contributed by atoms with Crippen molar-refractivity contribution in [3.63, 3.8) is 0 Å². The molecule has 0 spiro atoms. The number of nitrogens with one attached hydrogen (secondary N) is 1. The maximum atomic E-state index is 14.6. The van der Waals surface area contributed by atoms with Gasteiger partial charge >= 0.3 is 0 Å². The molecular weight excluding hydrogens is 375 g/mol. The van der Waals surface area contributed by atoms with E-state index >= 15 is 0 Å². The van der Waals surface area contributed by atoms with Crippen molar-refractivity contribution in [2.24, 2.45) is 7.05 Å². The van der Waals surface area contributed by atoms with Crippen LogP contribution in [-0.4, -0.2) is 30.7 Å². The molecule has 0 aliphatic rings. The van der Waals surface area contributed by atoms with Crippen LogP contribution in [0.25, 0.3) is 11.3 Å². The molecule has 0 fully saturated rings. The zero-order chi connectivity index (χ0) is 19.7. The van der Waals surface area contributed by atoms with E-state index < -0.39 is 17.5 Å². The van der Waals surface area contributed by atoms with Gasteiger partial charge in [0, 0.05) is 25.0 Å². The number of aromatic nitrogens is 3. The summed E-state index contributed by atoms with van der Waals surface area (Å²) in [5.74, 6) is -1.55. The molecule has 7 nitrogen and oxygen atoms in total. The quantitative estimate of drug-likeness (QED) is 0.594. The van der Waals surface area contributed by atoms with Crippen LogP contribution in [-0.2, 0) is 13.7 Å².